The summed E-state index contributed by atoms with van der Waals surface area (Å²) in [5.41, 5.74) is 4.97. The van der Waals surface area contributed by atoms with Crippen LogP contribution in [0.3, 0.4) is 0 Å². The van der Waals surface area contributed by atoms with Crippen LogP contribution in [0.2, 0.25) is 0 Å². The van der Waals surface area contributed by atoms with Crippen molar-refractivity contribution in [3.05, 3.63) is 58.2 Å². The number of carbonyl (C=O) groups is 1. The molecule has 0 spiro atoms. The van der Waals surface area contributed by atoms with E-state index in [1.807, 2.05) is 24.1 Å². The highest BCUT2D eigenvalue weighted by atomic mass is 32.1. The molecule has 0 radical (unpaired) electrons. The third kappa shape index (κ3) is 3.29. The first-order valence-corrected chi connectivity index (χ1v) is 9.62. The van der Waals surface area contributed by atoms with Gasteiger partial charge in [0.25, 0.3) is 5.91 Å². The van der Waals surface area contributed by atoms with E-state index in [1.165, 1.54) is 22.3 Å². The molecular weight excluding hydrogens is 330 g/mol. The number of aromatic nitrogens is 2. The molecule has 0 saturated carbocycles. The molecule has 3 aromatic rings. The Balaban J connectivity index is 1.52. The lowest BCUT2D eigenvalue weighted by atomic mass is 9.90. The molecule has 0 aliphatic carbocycles. The molecule has 1 aromatic carbocycles. The number of piperidine rings is 1. The van der Waals surface area contributed by atoms with Crippen LogP contribution in [-0.4, -0.2) is 33.9 Å². The molecule has 1 atom stereocenters. The molecule has 1 unspecified atom stereocenters. The van der Waals surface area contributed by atoms with Gasteiger partial charge in [-0.3, -0.25) is 9.78 Å². The zero-order valence-corrected chi connectivity index (χ0v) is 15.1. The van der Waals surface area contributed by atoms with E-state index in [-0.39, 0.29) is 5.91 Å². The topological polar surface area (TPSA) is 46.1 Å². The summed E-state index contributed by atoms with van der Waals surface area (Å²) >= 11 is 1.45. The number of nitrogens with zero attached hydrogens (tertiary/aromatic N) is 3. The lowest BCUT2D eigenvalue weighted by Gasteiger charge is -2.32. The van der Waals surface area contributed by atoms with Gasteiger partial charge in [-0.2, -0.15) is 0 Å². The first kappa shape index (κ1) is 16.2. The van der Waals surface area contributed by atoms with Gasteiger partial charge in [0.05, 0.1) is 16.7 Å². The third-order valence-electron chi connectivity index (χ3n) is 4.97. The van der Waals surface area contributed by atoms with Crippen molar-refractivity contribution < 1.29 is 4.79 Å². The van der Waals surface area contributed by atoms with Gasteiger partial charge in [-0.25, -0.2) is 4.98 Å². The van der Waals surface area contributed by atoms with Gasteiger partial charge in [0.1, 0.15) is 4.88 Å². The first-order valence-electron chi connectivity index (χ1n) is 8.74. The van der Waals surface area contributed by atoms with Crippen molar-refractivity contribution in [1.29, 1.82) is 0 Å². The number of amides is 1. The molecule has 4 nitrogen and oxygen atoms in total. The summed E-state index contributed by atoms with van der Waals surface area (Å²) in [6.07, 6.45) is 5.05. The number of rotatable bonds is 3. The number of aryl methyl sites for hydroxylation is 1. The van der Waals surface area contributed by atoms with Crippen molar-refractivity contribution in [2.45, 2.75) is 26.2 Å². The molecule has 1 amide bonds. The van der Waals surface area contributed by atoms with E-state index in [4.69, 9.17) is 0 Å². The zero-order chi connectivity index (χ0) is 17.2. The Labute approximate surface area is 151 Å². The molecule has 1 saturated heterocycles. The Morgan fingerprint density at radius 2 is 2.16 bits per heavy atom. The molecule has 1 fully saturated rings. The monoisotopic (exact) mass is 351 g/mol. The summed E-state index contributed by atoms with van der Waals surface area (Å²) < 4.78 is 0. The van der Waals surface area contributed by atoms with Crippen LogP contribution in [0.1, 0.15) is 33.8 Å². The van der Waals surface area contributed by atoms with E-state index in [2.05, 4.69) is 34.2 Å². The van der Waals surface area contributed by atoms with E-state index >= 15 is 0 Å². The molecule has 1 aliphatic rings. The Hall–Kier alpha value is -2.27. The predicted molar refractivity (Wildman–Crippen MR) is 101 cm³/mol. The predicted octanol–water partition coefficient (Wildman–Crippen LogP) is 4.09. The lowest BCUT2D eigenvalue weighted by Crippen LogP contribution is -2.40. The normalized spacial score (nSPS) is 17.8. The zero-order valence-electron chi connectivity index (χ0n) is 14.3. The number of benzene rings is 1. The Morgan fingerprint density at radius 1 is 1.28 bits per heavy atom. The van der Waals surface area contributed by atoms with Crippen LogP contribution in [0.4, 0.5) is 0 Å². The van der Waals surface area contributed by atoms with Gasteiger partial charge in [0.15, 0.2) is 0 Å². The number of para-hydroxylation sites is 1. The maximum absolute atomic E-state index is 12.8. The lowest BCUT2D eigenvalue weighted by molar-refractivity contribution is 0.0677. The van der Waals surface area contributed by atoms with Crippen LogP contribution in [0.5, 0.6) is 0 Å². The molecule has 0 bridgehead atoms. The molecular formula is C20H21N3OS. The van der Waals surface area contributed by atoms with Gasteiger partial charge in [-0.15, -0.1) is 11.3 Å². The van der Waals surface area contributed by atoms with Gasteiger partial charge in [0, 0.05) is 24.7 Å². The molecule has 5 heteroatoms. The van der Waals surface area contributed by atoms with Crippen LogP contribution in [0, 0.1) is 12.8 Å². The van der Waals surface area contributed by atoms with E-state index in [9.17, 15) is 4.79 Å². The van der Waals surface area contributed by atoms with Crippen LogP contribution < -0.4 is 0 Å². The largest absolute Gasteiger partial charge is 0.338 e. The molecule has 2 aromatic heterocycles. The fraction of sp³-hybridized carbons (Fsp3) is 0.350. The average molecular weight is 351 g/mol. The minimum Gasteiger partial charge on any atom is -0.338 e. The van der Waals surface area contributed by atoms with Gasteiger partial charge in [0.2, 0.25) is 0 Å². The number of fused-ring (bicyclic) bond motifs is 1. The number of carbonyl (C=O) groups excluding carboxylic acids is 1. The highest BCUT2D eigenvalue weighted by molar-refractivity contribution is 7.11. The summed E-state index contributed by atoms with van der Waals surface area (Å²) in [4.78, 5) is 24.4. The number of hydrogen-bond acceptors (Lipinski definition) is 4. The van der Waals surface area contributed by atoms with Crippen molar-refractivity contribution in [1.82, 2.24) is 14.9 Å². The second-order valence-electron chi connectivity index (χ2n) is 6.72. The van der Waals surface area contributed by atoms with E-state index < -0.39 is 0 Å². The van der Waals surface area contributed by atoms with Crippen LogP contribution >= 0.6 is 11.3 Å². The van der Waals surface area contributed by atoms with Crippen LogP contribution in [0.15, 0.2) is 42.0 Å². The fourth-order valence-corrected chi connectivity index (χ4v) is 4.48. The second-order valence-corrected chi connectivity index (χ2v) is 7.58. The smallest absolute Gasteiger partial charge is 0.265 e. The fourth-order valence-electron chi connectivity index (χ4n) is 3.71. The highest BCUT2D eigenvalue weighted by Crippen LogP contribution is 2.26. The minimum atomic E-state index is 0.140. The van der Waals surface area contributed by atoms with Gasteiger partial charge >= 0.3 is 0 Å². The Kier molecular flexibility index (Phi) is 4.49. The summed E-state index contributed by atoms with van der Waals surface area (Å²) in [5, 5.41) is 1.18. The quantitative estimate of drug-likeness (QED) is 0.714. The molecule has 0 N–H and O–H groups in total. The van der Waals surface area contributed by atoms with Crippen molar-refractivity contribution >= 4 is 28.1 Å². The summed E-state index contributed by atoms with van der Waals surface area (Å²) in [6, 6.07) is 10.5. The summed E-state index contributed by atoms with van der Waals surface area (Å²) in [7, 11) is 0. The highest BCUT2D eigenvalue weighted by Gasteiger charge is 2.26. The number of pyridine rings is 1. The van der Waals surface area contributed by atoms with E-state index in [1.54, 1.807) is 5.51 Å². The van der Waals surface area contributed by atoms with Crippen molar-refractivity contribution in [3.63, 3.8) is 0 Å². The third-order valence-corrected chi connectivity index (χ3v) is 5.89. The van der Waals surface area contributed by atoms with Gasteiger partial charge in [-0.1, -0.05) is 24.3 Å². The molecule has 128 valence electrons. The standard InChI is InChI=1S/C20H21N3OS/c1-14-19(25-13-22-14)20(24)23-10-4-5-15(12-23)11-17-7-2-6-16-8-3-9-21-18(16)17/h2-3,6-9,13,15H,4-5,10-12H2,1H3. The summed E-state index contributed by atoms with van der Waals surface area (Å²) in [5.74, 6) is 0.624. The average Bonchev–Trinajstić information content (AvgIpc) is 3.08. The molecule has 4 rings (SSSR count). The van der Waals surface area contributed by atoms with Crippen molar-refractivity contribution in [2.75, 3.05) is 13.1 Å². The van der Waals surface area contributed by atoms with Gasteiger partial charge in [-0.05, 0) is 43.7 Å². The van der Waals surface area contributed by atoms with E-state index in [0.29, 0.717) is 5.92 Å². The van der Waals surface area contributed by atoms with Crippen LogP contribution in [-0.2, 0) is 6.42 Å². The molecule has 3 heterocycles. The summed E-state index contributed by atoms with van der Waals surface area (Å²) in [6.45, 7) is 3.58. The van der Waals surface area contributed by atoms with E-state index in [0.717, 1.165) is 48.4 Å². The number of likely N-dealkylation sites (tertiary alicyclic amines) is 1. The van der Waals surface area contributed by atoms with Gasteiger partial charge < -0.3 is 4.90 Å². The maximum atomic E-state index is 12.8. The second kappa shape index (κ2) is 6.92. The van der Waals surface area contributed by atoms with Crippen molar-refractivity contribution in [3.8, 4) is 0 Å². The number of thiazole rings is 1. The Bertz CT molecular complexity index is 899. The molecule has 1 aliphatic heterocycles. The van der Waals surface area contributed by atoms with Crippen molar-refractivity contribution in [2.24, 2.45) is 5.92 Å². The maximum Gasteiger partial charge on any atom is 0.265 e. The number of hydrogen-bond donors (Lipinski definition) is 0. The Morgan fingerprint density at radius 3 is 3.00 bits per heavy atom. The van der Waals surface area contributed by atoms with Crippen LogP contribution in [0.25, 0.3) is 10.9 Å². The molecule has 25 heavy (non-hydrogen) atoms. The minimum absolute atomic E-state index is 0.140. The first-order chi connectivity index (χ1) is 12.2. The SMILES string of the molecule is Cc1ncsc1C(=O)N1CCCC(Cc2cccc3cccnc23)C1.